The van der Waals surface area contributed by atoms with Crippen molar-refractivity contribution in [1.82, 2.24) is 5.32 Å². The van der Waals surface area contributed by atoms with Gasteiger partial charge >= 0.3 is 0 Å². The molecule has 1 rings (SSSR count). The fourth-order valence-electron chi connectivity index (χ4n) is 0.828. The number of aliphatic hydroxyl groups excluding tert-OH is 1. The van der Waals surface area contributed by atoms with E-state index in [9.17, 15) is 9.18 Å². The first kappa shape index (κ1) is 6.48. The van der Waals surface area contributed by atoms with Crippen LogP contribution in [0.15, 0.2) is 0 Å². The molecule has 2 atom stereocenters. The maximum atomic E-state index is 12.2. The molecule has 0 radical (unpaired) electrons. The molecule has 4 heteroatoms. The van der Waals surface area contributed by atoms with E-state index in [0.29, 0.717) is 0 Å². The summed E-state index contributed by atoms with van der Waals surface area (Å²) in [6.45, 7) is -0.174. The fourth-order valence-corrected chi connectivity index (χ4v) is 0.828. The van der Waals surface area contributed by atoms with Gasteiger partial charge in [-0.3, -0.25) is 4.79 Å². The molecule has 9 heavy (non-hydrogen) atoms. The molecule has 2 N–H and O–H groups in total. The smallest absolute Gasteiger partial charge is 0.254 e. The molecule has 52 valence electrons. The minimum Gasteiger partial charge on any atom is -0.394 e. The van der Waals surface area contributed by atoms with Crippen molar-refractivity contribution in [3.05, 3.63) is 0 Å². The zero-order valence-electron chi connectivity index (χ0n) is 4.80. The number of nitrogens with one attached hydrogen (secondary N) is 1. The molecule has 1 amide bonds. The Kier molecular flexibility index (Phi) is 1.66. The van der Waals surface area contributed by atoms with Crippen LogP contribution in [0.1, 0.15) is 6.42 Å². The number of halogens is 1. The molecule has 0 unspecified atom stereocenters. The number of hydrogen-bond acceptors (Lipinski definition) is 2. The summed E-state index contributed by atoms with van der Waals surface area (Å²) in [5.74, 6) is -0.603. The van der Waals surface area contributed by atoms with Crippen LogP contribution < -0.4 is 5.32 Å². The Morgan fingerprint density at radius 3 is 2.78 bits per heavy atom. The minimum absolute atomic E-state index is 0.106. The van der Waals surface area contributed by atoms with Crippen molar-refractivity contribution in [2.24, 2.45) is 0 Å². The summed E-state index contributed by atoms with van der Waals surface area (Å²) in [4.78, 5) is 10.3. The van der Waals surface area contributed by atoms with Gasteiger partial charge < -0.3 is 10.4 Å². The van der Waals surface area contributed by atoms with Crippen molar-refractivity contribution >= 4 is 5.91 Å². The highest BCUT2D eigenvalue weighted by Crippen LogP contribution is 2.09. The second-order valence-corrected chi connectivity index (χ2v) is 2.09. The van der Waals surface area contributed by atoms with Gasteiger partial charge in [-0.05, 0) is 0 Å². The molecule has 0 spiro atoms. The molecule has 1 saturated heterocycles. The van der Waals surface area contributed by atoms with E-state index in [1.807, 2.05) is 0 Å². The molecule has 0 aliphatic carbocycles. The Hall–Kier alpha value is -0.640. The summed E-state index contributed by atoms with van der Waals surface area (Å²) in [7, 11) is 0. The van der Waals surface area contributed by atoms with E-state index in [0.717, 1.165) is 0 Å². The molecular weight excluding hydrogens is 125 g/mol. The van der Waals surface area contributed by atoms with Crippen LogP contribution >= 0.6 is 0 Å². The number of rotatable bonds is 1. The van der Waals surface area contributed by atoms with Gasteiger partial charge in [-0.1, -0.05) is 0 Å². The average Bonchev–Trinajstić information content (AvgIpc) is 2.13. The van der Waals surface area contributed by atoms with E-state index in [2.05, 4.69) is 5.32 Å². The van der Waals surface area contributed by atoms with Crippen LogP contribution in [0.5, 0.6) is 0 Å². The average molecular weight is 133 g/mol. The molecule has 0 aromatic carbocycles. The van der Waals surface area contributed by atoms with Gasteiger partial charge in [-0.15, -0.1) is 0 Å². The number of alkyl halides is 1. The maximum absolute atomic E-state index is 12.2. The van der Waals surface area contributed by atoms with Crippen LogP contribution in [-0.2, 0) is 4.79 Å². The van der Waals surface area contributed by atoms with Gasteiger partial charge in [-0.25, -0.2) is 4.39 Å². The van der Waals surface area contributed by atoms with Crippen LogP contribution in [-0.4, -0.2) is 29.8 Å². The zero-order chi connectivity index (χ0) is 6.85. The molecule has 3 nitrogen and oxygen atoms in total. The molecular formula is C5H8FNO2. The first-order valence-corrected chi connectivity index (χ1v) is 2.79. The lowest BCUT2D eigenvalue weighted by Gasteiger charge is -2.01. The summed E-state index contributed by atoms with van der Waals surface area (Å²) in [6.07, 6.45) is -1.31. The Morgan fingerprint density at radius 1 is 1.89 bits per heavy atom. The lowest BCUT2D eigenvalue weighted by atomic mass is 10.2. The van der Waals surface area contributed by atoms with E-state index in [1.165, 1.54) is 0 Å². The summed E-state index contributed by atoms with van der Waals surface area (Å²) in [5, 5.41) is 10.7. The van der Waals surface area contributed by atoms with Crippen LogP contribution in [0, 0.1) is 0 Å². The van der Waals surface area contributed by atoms with Gasteiger partial charge in [0.1, 0.15) is 0 Å². The van der Waals surface area contributed by atoms with Gasteiger partial charge in [-0.2, -0.15) is 0 Å². The van der Waals surface area contributed by atoms with E-state index in [4.69, 9.17) is 5.11 Å². The minimum atomic E-state index is -1.41. The highest BCUT2D eigenvalue weighted by Gasteiger charge is 2.30. The predicted molar refractivity (Wildman–Crippen MR) is 28.5 cm³/mol. The number of aliphatic hydroxyl groups is 1. The molecule has 0 bridgehead atoms. The van der Waals surface area contributed by atoms with Gasteiger partial charge in [0.2, 0.25) is 0 Å². The Balaban J connectivity index is 2.44. The summed E-state index contributed by atoms with van der Waals surface area (Å²) in [6, 6.07) is -0.368. The Labute approximate surface area is 51.9 Å². The third kappa shape index (κ3) is 1.18. The van der Waals surface area contributed by atoms with Crippen molar-refractivity contribution in [2.75, 3.05) is 6.61 Å². The molecule has 1 aliphatic rings. The predicted octanol–water partition coefficient (Wildman–Crippen LogP) is -0.795. The zero-order valence-corrected chi connectivity index (χ0v) is 4.80. The first-order valence-electron chi connectivity index (χ1n) is 2.79. The van der Waals surface area contributed by atoms with Crippen molar-refractivity contribution in [3.63, 3.8) is 0 Å². The van der Waals surface area contributed by atoms with Crippen LogP contribution in [0.2, 0.25) is 0 Å². The molecule has 0 aromatic heterocycles. The van der Waals surface area contributed by atoms with Gasteiger partial charge in [0.05, 0.1) is 12.6 Å². The van der Waals surface area contributed by atoms with Gasteiger partial charge in [0.15, 0.2) is 6.17 Å². The molecule has 1 heterocycles. The van der Waals surface area contributed by atoms with Crippen LogP contribution in [0.4, 0.5) is 4.39 Å². The van der Waals surface area contributed by atoms with Gasteiger partial charge in [0, 0.05) is 6.42 Å². The number of carbonyl (C=O) groups is 1. The Bertz CT molecular complexity index is 128. The van der Waals surface area contributed by atoms with Crippen LogP contribution in [0.3, 0.4) is 0 Å². The van der Waals surface area contributed by atoms with Crippen molar-refractivity contribution in [3.8, 4) is 0 Å². The van der Waals surface area contributed by atoms with E-state index in [-0.39, 0.29) is 19.1 Å². The third-order valence-corrected chi connectivity index (χ3v) is 1.34. The highest BCUT2D eigenvalue weighted by atomic mass is 19.1. The van der Waals surface area contributed by atoms with Crippen molar-refractivity contribution < 1.29 is 14.3 Å². The van der Waals surface area contributed by atoms with E-state index in [1.54, 1.807) is 0 Å². The quantitative estimate of drug-likeness (QED) is 0.492. The standard InChI is InChI=1S/C5H8FNO2/c6-4-1-3(2-8)7-5(4)9/h3-4,8H,1-2H2,(H,7,9)/t3-,4-/m1/s1. The molecule has 1 aliphatic heterocycles. The number of amides is 1. The normalized spacial score (nSPS) is 34.7. The lowest BCUT2D eigenvalue weighted by Crippen LogP contribution is -2.29. The summed E-state index contributed by atoms with van der Waals surface area (Å²) in [5.41, 5.74) is 0. The molecule has 0 aromatic rings. The third-order valence-electron chi connectivity index (χ3n) is 1.34. The molecule has 1 fully saturated rings. The van der Waals surface area contributed by atoms with E-state index < -0.39 is 12.1 Å². The monoisotopic (exact) mass is 133 g/mol. The van der Waals surface area contributed by atoms with Crippen molar-refractivity contribution in [2.45, 2.75) is 18.6 Å². The summed E-state index contributed by atoms with van der Waals surface area (Å²) < 4.78 is 12.2. The second kappa shape index (κ2) is 2.31. The lowest BCUT2D eigenvalue weighted by molar-refractivity contribution is -0.123. The van der Waals surface area contributed by atoms with Gasteiger partial charge in [0.25, 0.3) is 5.91 Å². The first-order chi connectivity index (χ1) is 4.24. The summed E-state index contributed by atoms with van der Waals surface area (Å²) >= 11 is 0. The topological polar surface area (TPSA) is 49.3 Å². The second-order valence-electron chi connectivity index (χ2n) is 2.09. The Morgan fingerprint density at radius 2 is 2.56 bits per heavy atom. The fraction of sp³-hybridized carbons (Fsp3) is 0.800. The maximum Gasteiger partial charge on any atom is 0.254 e. The molecule has 0 saturated carbocycles. The highest BCUT2D eigenvalue weighted by molar-refractivity contribution is 5.83. The van der Waals surface area contributed by atoms with Crippen LogP contribution in [0.25, 0.3) is 0 Å². The number of hydrogen-bond donors (Lipinski definition) is 2. The largest absolute Gasteiger partial charge is 0.394 e. The van der Waals surface area contributed by atoms with E-state index >= 15 is 0 Å². The van der Waals surface area contributed by atoms with Crippen molar-refractivity contribution in [1.29, 1.82) is 0 Å². The number of carbonyl (C=O) groups excluding carboxylic acids is 1. The SMILES string of the molecule is O=C1N[C@@H](CO)C[C@H]1F.